The summed E-state index contributed by atoms with van der Waals surface area (Å²) in [5, 5.41) is 10.8. The second-order valence-electron chi connectivity index (χ2n) is 3.15. The molecule has 1 aromatic carbocycles. The maximum Gasteiger partial charge on any atom is 0.113 e. The molecule has 0 saturated heterocycles. The van der Waals surface area contributed by atoms with Crippen molar-refractivity contribution in [3.63, 3.8) is 0 Å². The van der Waals surface area contributed by atoms with E-state index in [1.165, 1.54) is 11.8 Å². The van der Waals surface area contributed by atoms with Crippen molar-refractivity contribution in [1.82, 2.24) is 0 Å². The van der Waals surface area contributed by atoms with Gasteiger partial charge in [0.25, 0.3) is 0 Å². The molecule has 16 heavy (non-hydrogen) atoms. The first-order valence-electron chi connectivity index (χ1n) is 4.73. The first kappa shape index (κ1) is 10.8. The smallest absolute Gasteiger partial charge is 0.113 e. The van der Waals surface area contributed by atoms with Crippen LogP contribution >= 0.6 is 11.8 Å². The summed E-state index contributed by atoms with van der Waals surface area (Å²) in [7, 11) is 0. The zero-order valence-electron chi connectivity index (χ0n) is 8.38. The van der Waals surface area contributed by atoms with E-state index in [-0.39, 0.29) is 5.56 Å². The highest BCUT2D eigenvalue weighted by Gasteiger charge is 2.04. The van der Waals surface area contributed by atoms with Gasteiger partial charge in [-0.15, -0.1) is 11.8 Å². The standard InChI is InChI=1S/C12H10O3S/c13-12(14)10-5-1-2-6-11(10)16-8-9-4-3-7-15-9/h1-7H,8H2,(H,13,14)/p-1. The van der Waals surface area contributed by atoms with Crippen LogP contribution in [0.3, 0.4) is 0 Å². The van der Waals surface area contributed by atoms with Crippen LogP contribution in [-0.4, -0.2) is 5.97 Å². The first-order valence-corrected chi connectivity index (χ1v) is 5.71. The van der Waals surface area contributed by atoms with Crippen LogP contribution in [-0.2, 0) is 5.75 Å². The fraction of sp³-hybridized carbons (Fsp3) is 0.0833. The van der Waals surface area contributed by atoms with Crippen LogP contribution in [0.5, 0.6) is 0 Å². The maximum atomic E-state index is 10.8. The lowest BCUT2D eigenvalue weighted by Crippen LogP contribution is -2.22. The molecule has 2 aromatic rings. The minimum Gasteiger partial charge on any atom is -0.545 e. The number of hydrogen-bond donors (Lipinski definition) is 0. The number of benzene rings is 1. The normalized spacial score (nSPS) is 10.2. The third-order valence-electron chi connectivity index (χ3n) is 2.06. The van der Waals surface area contributed by atoms with Crippen LogP contribution in [0.4, 0.5) is 0 Å². The Balaban J connectivity index is 2.12. The van der Waals surface area contributed by atoms with Gasteiger partial charge in [0.05, 0.1) is 18.0 Å². The number of carbonyl (C=O) groups is 1. The molecule has 1 aromatic heterocycles. The van der Waals surface area contributed by atoms with Crippen LogP contribution in [0.25, 0.3) is 0 Å². The Kier molecular flexibility index (Phi) is 3.31. The van der Waals surface area contributed by atoms with Crippen molar-refractivity contribution in [3.8, 4) is 0 Å². The number of carbonyl (C=O) groups excluding carboxylic acids is 1. The fourth-order valence-electron chi connectivity index (χ4n) is 1.30. The zero-order valence-corrected chi connectivity index (χ0v) is 9.20. The summed E-state index contributed by atoms with van der Waals surface area (Å²) < 4.78 is 5.17. The van der Waals surface area contributed by atoms with Gasteiger partial charge in [0, 0.05) is 10.5 Å². The van der Waals surface area contributed by atoms with Gasteiger partial charge in [-0.25, -0.2) is 0 Å². The minimum atomic E-state index is -1.15. The van der Waals surface area contributed by atoms with Gasteiger partial charge in [-0.3, -0.25) is 0 Å². The predicted molar refractivity (Wildman–Crippen MR) is 59.0 cm³/mol. The quantitative estimate of drug-likeness (QED) is 0.757. The van der Waals surface area contributed by atoms with E-state index in [0.717, 1.165) is 5.76 Å². The zero-order chi connectivity index (χ0) is 11.4. The number of furan rings is 1. The van der Waals surface area contributed by atoms with Crippen LogP contribution < -0.4 is 5.11 Å². The highest BCUT2D eigenvalue weighted by molar-refractivity contribution is 7.98. The summed E-state index contributed by atoms with van der Waals surface area (Å²) >= 11 is 1.42. The molecule has 82 valence electrons. The van der Waals surface area contributed by atoms with Crippen LogP contribution in [0.1, 0.15) is 16.1 Å². The van der Waals surface area contributed by atoms with Crippen molar-refractivity contribution in [2.24, 2.45) is 0 Å². The molecule has 0 radical (unpaired) electrons. The predicted octanol–water partition coefficient (Wildman–Crippen LogP) is 1.94. The van der Waals surface area contributed by atoms with Gasteiger partial charge in [0.1, 0.15) is 5.76 Å². The van der Waals surface area contributed by atoms with E-state index in [1.807, 2.05) is 6.07 Å². The van der Waals surface area contributed by atoms with Gasteiger partial charge in [0.15, 0.2) is 0 Å². The van der Waals surface area contributed by atoms with Gasteiger partial charge in [-0.1, -0.05) is 18.2 Å². The van der Waals surface area contributed by atoms with E-state index in [9.17, 15) is 9.90 Å². The third kappa shape index (κ3) is 2.46. The van der Waals surface area contributed by atoms with E-state index in [4.69, 9.17) is 4.42 Å². The molecule has 0 aliphatic carbocycles. The van der Waals surface area contributed by atoms with Gasteiger partial charge in [0.2, 0.25) is 0 Å². The van der Waals surface area contributed by atoms with E-state index in [2.05, 4.69) is 0 Å². The monoisotopic (exact) mass is 233 g/mol. The second-order valence-corrected chi connectivity index (χ2v) is 4.17. The van der Waals surface area contributed by atoms with Crippen LogP contribution in [0, 0.1) is 0 Å². The summed E-state index contributed by atoms with van der Waals surface area (Å²) in [5.74, 6) is 0.276. The van der Waals surface area contributed by atoms with Gasteiger partial charge < -0.3 is 14.3 Å². The van der Waals surface area contributed by atoms with Crippen molar-refractivity contribution in [1.29, 1.82) is 0 Å². The average Bonchev–Trinajstić information content (AvgIpc) is 2.79. The third-order valence-corrected chi connectivity index (χ3v) is 3.15. The van der Waals surface area contributed by atoms with E-state index in [1.54, 1.807) is 36.6 Å². The van der Waals surface area contributed by atoms with Crippen molar-refractivity contribution in [2.45, 2.75) is 10.6 Å². The molecular weight excluding hydrogens is 224 g/mol. The molecule has 0 aliphatic heterocycles. The second kappa shape index (κ2) is 4.90. The summed E-state index contributed by atoms with van der Waals surface area (Å²) in [5.41, 5.74) is 0.221. The van der Waals surface area contributed by atoms with E-state index >= 15 is 0 Å². The van der Waals surface area contributed by atoms with Crippen molar-refractivity contribution in [2.75, 3.05) is 0 Å². The highest BCUT2D eigenvalue weighted by Crippen LogP contribution is 2.25. The fourth-order valence-corrected chi connectivity index (χ4v) is 2.25. The van der Waals surface area contributed by atoms with Gasteiger partial charge in [-0.2, -0.15) is 0 Å². The Morgan fingerprint density at radius 1 is 1.25 bits per heavy atom. The molecule has 0 unspecified atom stereocenters. The van der Waals surface area contributed by atoms with Gasteiger partial charge >= 0.3 is 0 Å². The number of carboxylic acid groups (broad SMARTS) is 1. The molecule has 0 bridgehead atoms. The number of carboxylic acids is 1. The Hall–Kier alpha value is -1.68. The minimum absolute atomic E-state index is 0.221. The summed E-state index contributed by atoms with van der Waals surface area (Å²) in [4.78, 5) is 11.5. The number of aromatic carboxylic acids is 1. The Morgan fingerprint density at radius 2 is 2.06 bits per heavy atom. The van der Waals surface area contributed by atoms with Crippen molar-refractivity contribution >= 4 is 17.7 Å². The molecule has 1 heterocycles. The molecule has 3 nitrogen and oxygen atoms in total. The molecular formula is C12H9O3S-. The topological polar surface area (TPSA) is 53.3 Å². The number of hydrogen-bond acceptors (Lipinski definition) is 4. The molecule has 0 atom stereocenters. The molecule has 0 aliphatic rings. The lowest BCUT2D eigenvalue weighted by atomic mass is 10.2. The first-order chi connectivity index (χ1) is 7.77. The molecule has 0 fully saturated rings. The molecule has 0 spiro atoms. The maximum absolute atomic E-state index is 10.8. The Labute approximate surface area is 97.1 Å². The van der Waals surface area contributed by atoms with Gasteiger partial charge in [-0.05, 0) is 18.2 Å². The molecule has 2 rings (SSSR count). The Morgan fingerprint density at radius 3 is 2.75 bits per heavy atom. The van der Waals surface area contributed by atoms with E-state index in [0.29, 0.717) is 10.6 Å². The van der Waals surface area contributed by atoms with Crippen LogP contribution in [0.15, 0.2) is 52.0 Å². The lowest BCUT2D eigenvalue weighted by Gasteiger charge is -2.08. The SMILES string of the molecule is O=C([O-])c1ccccc1SCc1ccco1. The molecule has 0 saturated carbocycles. The molecule has 0 N–H and O–H groups in total. The van der Waals surface area contributed by atoms with Crippen LogP contribution in [0.2, 0.25) is 0 Å². The molecule has 4 heteroatoms. The largest absolute Gasteiger partial charge is 0.545 e. The van der Waals surface area contributed by atoms with E-state index < -0.39 is 5.97 Å². The summed E-state index contributed by atoms with van der Waals surface area (Å²) in [6, 6.07) is 10.5. The average molecular weight is 233 g/mol. The summed E-state index contributed by atoms with van der Waals surface area (Å²) in [6.45, 7) is 0. The number of rotatable bonds is 4. The molecule has 0 amide bonds. The van der Waals surface area contributed by atoms with Crippen molar-refractivity contribution in [3.05, 3.63) is 54.0 Å². The highest BCUT2D eigenvalue weighted by atomic mass is 32.2. The van der Waals surface area contributed by atoms with Crippen molar-refractivity contribution < 1.29 is 14.3 Å². The summed E-state index contributed by atoms with van der Waals surface area (Å²) in [6.07, 6.45) is 1.60. The lowest BCUT2D eigenvalue weighted by molar-refractivity contribution is -0.255. The number of thioether (sulfide) groups is 1. The Bertz CT molecular complexity index is 477.